The van der Waals surface area contributed by atoms with E-state index in [0.29, 0.717) is 45.4 Å². The average Bonchev–Trinajstić information content (AvgIpc) is 2.80. The van der Waals surface area contributed by atoms with E-state index in [4.69, 9.17) is 5.73 Å². The summed E-state index contributed by atoms with van der Waals surface area (Å²) < 4.78 is 0. The van der Waals surface area contributed by atoms with Crippen molar-refractivity contribution in [1.82, 2.24) is 19.8 Å². The Hall–Kier alpha value is -3.29. The normalized spacial score (nSPS) is 14.3. The van der Waals surface area contributed by atoms with E-state index < -0.39 is 0 Å². The van der Waals surface area contributed by atoms with Crippen molar-refractivity contribution in [2.45, 2.75) is 25.7 Å². The van der Waals surface area contributed by atoms with Crippen molar-refractivity contribution in [3.63, 3.8) is 0 Å². The molecule has 1 saturated heterocycles. The number of aromatic nitrogens is 2. The van der Waals surface area contributed by atoms with E-state index in [1.807, 2.05) is 30.3 Å². The summed E-state index contributed by atoms with van der Waals surface area (Å²) in [5.74, 6) is -0.716. The summed E-state index contributed by atoms with van der Waals surface area (Å²) in [4.78, 5) is 48.4. The fraction of sp³-hybridized carbons (Fsp3) is 0.409. The molecule has 8 nitrogen and oxygen atoms in total. The molecule has 1 aromatic heterocycles. The van der Waals surface area contributed by atoms with Crippen molar-refractivity contribution in [3.8, 4) is 0 Å². The number of amides is 3. The molecule has 1 aromatic carbocycles. The van der Waals surface area contributed by atoms with Gasteiger partial charge in [0.05, 0.1) is 6.20 Å². The van der Waals surface area contributed by atoms with E-state index in [1.165, 1.54) is 18.6 Å². The molecule has 2 heterocycles. The predicted octanol–water partition coefficient (Wildman–Crippen LogP) is 1.28. The van der Waals surface area contributed by atoms with Gasteiger partial charge in [0.1, 0.15) is 5.69 Å². The first-order valence-electron chi connectivity index (χ1n) is 10.2. The Balaban J connectivity index is 1.59. The van der Waals surface area contributed by atoms with E-state index in [9.17, 15) is 14.4 Å². The van der Waals surface area contributed by atoms with Crippen molar-refractivity contribution >= 4 is 17.7 Å². The van der Waals surface area contributed by atoms with E-state index in [-0.39, 0.29) is 35.8 Å². The minimum absolute atomic E-state index is 0.0189. The van der Waals surface area contributed by atoms with Crippen LogP contribution in [-0.2, 0) is 16.0 Å². The summed E-state index contributed by atoms with van der Waals surface area (Å²) in [5, 5.41) is 0. The number of carbonyl (C=O) groups is 3. The van der Waals surface area contributed by atoms with Gasteiger partial charge in [0, 0.05) is 50.9 Å². The van der Waals surface area contributed by atoms with Gasteiger partial charge in [0.15, 0.2) is 0 Å². The molecule has 0 unspecified atom stereocenters. The zero-order chi connectivity index (χ0) is 21.3. The van der Waals surface area contributed by atoms with Gasteiger partial charge in [-0.2, -0.15) is 0 Å². The van der Waals surface area contributed by atoms with Gasteiger partial charge in [-0.1, -0.05) is 30.3 Å². The number of benzene rings is 1. The predicted molar refractivity (Wildman–Crippen MR) is 111 cm³/mol. The monoisotopic (exact) mass is 409 g/mol. The Morgan fingerprint density at radius 3 is 2.43 bits per heavy atom. The molecule has 3 amide bonds. The van der Waals surface area contributed by atoms with Gasteiger partial charge in [-0.15, -0.1) is 0 Å². The van der Waals surface area contributed by atoms with Crippen LogP contribution in [0.15, 0.2) is 48.9 Å². The standard InChI is InChI=1S/C22H27N5O3/c23-21(29)18-7-13-26(14-8-18)20(28)9-15-27(12-6-17-4-2-1-3-5-17)22(30)19-16-24-10-11-25-19/h1-5,10-11,16,18H,6-9,12-15H2,(H2,23,29). The molecule has 0 spiro atoms. The van der Waals surface area contributed by atoms with E-state index >= 15 is 0 Å². The second-order valence-electron chi connectivity index (χ2n) is 7.43. The summed E-state index contributed by atoms with van der Waals surface area (Å²) in [5.41, 5.74) is 6.74. The summed E-state index contributed by atoms with van der Waals surface area (Å²) in [7, 11) is 0. The highest BCUT2D eigenvalue weighted by molar-refractivity contribution is 5.92. The molecule has 0 radical (unpaired) electrons. The highest BCUT2D eigenvalue weighted by atomic mass is 16.2. The zero-order valence-electron chi connectivity index (χ0n) is 16.9. The first kappa shape index (κ1) is 21.4. The molecular weight excluding hydrogens is 382 g/mol. The van der Waals surface area contributed by atoms with Gasteiger partial charge in [0.25, 0.3) is 5.91 Å². The molecule has 0 saturated carbocycles. The number of carbonyl (C=O) groups excluding carboxylic acids is 3. The Kier molecular flexibility index (Phi) is 7.48. The molecule has 0 bridgehead atoms. The molecule has 2 N–H and O–H groups in total. The maximum Gasteiger partial charge on any atom is 0.274 e. The smallest absolute Gasteiger partial charge is 0.274 e. The molecule has 0 atom stereocenters. The lowest BCUT2D eigenvalue weighted by Crippen LogP contribution is -2.43. The molecule has 1 aliphatic rings. The molecule has 1 aliphatic heterocycles. The minimum atomic E-state index is -0.302. The topological polar surface area (TPSA) is 109 Å². The molecule has 8 heteroatoms. The number of piperidine rings is 1. The fourth-order valence-electron chi connectivity index (χ4n) is 3.60. The van der Waals surface area contributed by atoms with Gasteiger partial charge in [0.2, 0.25) is 11.8 Å². The summed E-state index contributed by atoms with van der Waals surface area (Å²) in [6, 6.07) is 9.90. The summed E-state index contributed by atoms with van der Waals surface area (Å²) >= 11 is 0. The Labute approximate surface area is 176 Å². The number of hydrogen-bond donors (Lipinski definition) is 1. The molecule has 3 rings (SSSR count). The third kappa shape index (κ3) is 5.85. The maximum atomic E-state index is 12.9. The SMILES string of the molecule is NC(=O)C1CCN(C(=O)CCN(CCc2ccccc2)C(=O)c2cnccn2)CC1. The van der Waals surface area contributed by atoms with Crippen LogP contribution >= 0.6 is 0 Å². The van der Waals surface area contributed by atoms with Crippen LogP contribution in [0.5, 0.6) is 0 Å². The molecule has 2 aromatic rings. The number of nitrogens with two attached hydrogens (primary N) is 1. The van der Waals surface area contributed by atoms with Crippen molar-refractivity contribution < 1.29 is 14.4 Å². The maximum absolute atomic E-state index is 12.9. The second kappa shape index (κ2) is 10.5. The van der Waals surface area contributed by atoms with Crippen molar-refractivity contribution in [3.05, 3.63) is 60.2 Å². The zero-order valence-corrected chi connectivity index (χ0v) is 16.9. The third-order valence-electron chi connectivity index (χ3n) is 5.43. The summed E-state index contributed by atoms with van der Waals surface area (Å²) in [6.07, 6.45) is 6.54. The van der Waals surface area contributed by atoms with E-state index in [0.717, 1.165) is 5.56 Å². The van der Waals surface area contributed by atoms with Crippen LogP contribution < -0.4 is 5.73 Å². The molecule has 158 valence electrons. The fourth-order valence-corrected chi connectivity index (χ4v) is 3.60. The summed E-state index contributed by atoms with van der Waals surface area (Å²) in [6.45, 7) is 1.83. The van der Waals surface area contributed by atoms with Crippen LogP contribution in [0, 0.1) is 5.92 Å². The van der Waals surface area contributed by atoms with Crippen molar-refractivity contribution in [2.24, 2.45) is 11.7 Å². The van der Waals surface area contributed by atoms with E-state index in [1.54, 1.807) is 9.80 Å². The Bertz CT molecular complexity index is 852. The van der Waals surface area contributed by atoms with Gasteiger partial charge < -0.3 is 15.5 Å². The van der Waals surface area contributed by atoms with Crippen LogP contribution in [-0.4, -0.2) is 63.7 Å². The first-order chi connectivity index (χ1) is 14.5. The number of nitrogens with zero attached hydrogens (tertiary/aromatic N) is 4. The molecule has 30 heavy (non-hydrogen) atoms. The van der Waals surface area contributed by atoms with Crippen molar-refractivity contribution in [1.29, 1.82) is 0 Å². The van der Waals surface area contributed by atoms with Crippen molar-refractivity contribution in [2.75, 3.05) is 26.2 Å². The quantitative estimate of drug-likeness (QED) is 0.706. The van der Waals surface area contributed by atoms with Crippen LogP contribution in [0.2, 0.25) is 0 Å². The largest absolute Gasteiger partial charge is 0.369 e. The molecule has 1 fully saturated rings. The number of primary amides is 1. The van der Waals surface area contributed by atoms with Gasteiger partial charge in [-0.3, -0.25) is 19.4 Å². The van der Waals surface area contributed by atoms with E-state index in [2.05, 4.69) is 9.97 Å². The van der Waals surface area contributed by atoms with Gasteiger partial charge >= 0.3 is 0 Å². The lowest BCUT2D eigenvalue weighted by atomic mass is 9.96. The second-order valence-corrected chi connectivity index (χ2v) is 7.43. The Morgan fingerprint density at radius 2 is 1.80 bits per heavy atom. The van der Waals surface area contributed by atoms with Crippen LogP contribution in [0.3, 0.4) is 0 Å². The third-order valence-corrected chi connectivity index (χ3v) is 5.43. The number of hydrogen-bond acceptors (Lipinski definition) is 5. The van der Waals surface area contributed by atoms with Crippen LogP contribution in [0.4, 0.5) is 0 Å². The lowest BCUT2D eigenvalue weighted by molar-refractivity contribution is -0.135. The highest BCUT2D eigenvalue weighted by Gasteiger charge is 2.26. The molecular formula is C22H27N5O3. The first-order valence-corrected chi connectivity index (χ1v) is 10.2. The molecule has 0 aliphatic carbocycles. The van der Waals surface area contributed by atoms with Gasteiger partial charge in [-0.25, -0.2) is 4.98 Å². The number of rotatable bonds is 8. The lowest BCUT2D eigenvalue weighted by Gasteiger charge is -2.31. The number of likely N-dealkylation sites (tertiary alicyclic amines) is 1. The highest BCUT2D eigenvalue weighted by Crippen LogP contribution is 2.17. The average molecular weight is 409 g/mol. The van der Waals surface area contributed by atoms with Gasteiger partial charge in [-0.05, 0) is 24.8 Å². The van der Waals surface area contributed by atoms with Crippen LogP contribution in [0.1, 0.15) is 35.3 Å². The van der Waals surface area contributed by atoms with Crippen LogP contribution in [0.25, 0.3) is 0 Å². The Morgan fingerprint density at radius 1 is 1.07 bits per heavy atom. The minimum Gasteiger partial charge on any atom is -0.369 e.